The predicted molar refractivity (Wildman–Crippen MR) is 53.6 cm³/mol. The first-order valence-corrected chi connectivity index (χ1v) is 5.56. The molecule has 0 saturated carbocycles. The smallest absolute Gasteiger partial charge is 0.262 e. The molecule has 1 rings (SSSR count). The summed E-state index contributed by atoms with van der Waals surface area (Å²) in [4.78, 5) is 22.9. The Labute approximate surface area is 87.9 Å². The van der Waals surface area contributed by atoms with Crippen molar-refractivity contribution >= 4 is 7.82 Å². The first-order valence-electron chi connectivity index (χ1n) is 4.03. The maximum Gasteiger partial charge on any atom is 0.262 e. The molecule has 1 aromatic rings. The van der Waals surface area contributed by atoms with Gasteiger partial charge in [0.15, 0.2) is 0 Å². The maximum atomic E-state index is 8.77. The molecule has 0 unspecified atom stereocenters. The second-order valence-electron chi connectivity index (χ2n) is 2.58. The van der Waals surface area contributed by atoms with Gasteiger partial charge in [-0.2, -0.15) is 0 Å². The van der Waals surface area contributed by atoms with Crippen LogP contribution >= 0.6 is 7.82 Å². The Bertz CT molecular complexity index is 278. The van der Waals surface area contributed by atoms with Gasteiger partial charge in [-0.05, 0) is 5.56 Å². The molecule has 7 N–H and O–H groups in total. The number of hydrogen-bond donors (Lipinski definition) is 3. The van der Waals surface area contributed by atoms with Crippen molar-refractivity contribution in [2.24, 2.45) is 0 Å². The van der Waals surface area contributed by atoms with Crippen LogP contribution in [0.2, 0.25) is 0 Å². The van der Waals surface area contributed by atoms with Crippen LogP contribution in [0.25, 0.3) is 0 Å². The molecule has 88 valence electrons. The second kappa shape index (κ2) is 8.55. The quantitative estimate of drug-likeness (QED) is 0.516. The molecule has 0 radical (unpaired) electrons. The maximum absolute atomic E-state index is 8.77. The molecule has 0 amide bonds. The molecular formula is C8H16NO5P. The van der Waals surface area contributed by atoms with Crippen LogP contribution in [0.1, 0.15) is 5.56 Å². The molecule has 1 aromatic carbocycles. The van der Waals surface area contributed by atoms with Gasteiger partial charge >= 0.3 is 0 Å². The summed E-state index contributed by atoms with van der Waals surface area (Å²) in [7, 11) is -4.89. The van der Waals surface area contributed by atoms with E-state index in [2.05, 4.69) is 30.0 Å². The Kier molecular flexibility index (Phi) is 9.50. The fourth-order valence-electron chi connectivity index (χ4n) is 0.849. The number of rotatable bonds is 2. The zero-order chi connectivity index (χ0) is 11.0. The van der Waals surface area contributed by atoms with Crippen LogP contribution in [0.15, 0.2) is 30.3 Å². The van der Waals surface area contributed by atoms with Gasteiger partial charge in [-0.25, -0.2) is 0 Å². The molecule has 15 heavy (non-hydrogen) atoms. The third-order valence-electron chi connectivity index (χ3n) is 1.31. The first kappa shape index (κ1) is 16.7. The van der Waals surface area contributed by atoms with E-state index in [1.54, 1.807) is 0 Å². The zero-order valence-electron chi connectivity index (χ0n) is 8.17. The van der Waals surface area contributed by atoms with Gasteiger partial charge in [0.25, 0.3) is 7.82 Å². The molecule has 0 bridgehead atoms. The van der Waals surface area contributed by atoms with Gasteiger partial charge in [0.05, 0.1) is 6.54 Å². The Morgan fingerprint density at radius 2 is 1.67 bits per heavy atom. The van der Waals surface area contributed by atoms with Crippen LogP contribution in [0.3, 0.4) is 0 Å². The fourth-order valence-corrected chi connectivity index (χ4v) is 0.849. The van der Waals surface area contributed by atoms with Crippen LogP contribution in [0, 0.1) is 0 Å². The molecule has 0 aliphatic carbocycles. The van der Waals surface area contributed by atoms with Gasteiger partial charge in [-0.15, -0.1) is 0 Å². The zero-order valence-corrected chi connectivity index (χ0v) is 9.06. The minimum Gasteiger partial charge on any atom is -0.756 e. The molecule has 0 fully saturated rings. The summed E-state index contributed by atoms with van der Waals surface area (Å²) < 4.78 is 8.77. The van der Waals surface area contributed by atoms with Crippen molar-refractivity contribution in [1.29, 1.82) is 0 Å². The molecule has 0 saturated heterocycles. The fraction of sp³-hybridized carbons (Fsp3) is 0.250. The number of benzene rings is 1. The first-order chi connectivity index (χ1) is 6.43. The van der Waals surface area contributed by atoms with Crippen LogP contribution in [0.4, 0.5) is 0 Å². The number of hydrogen-bond acceptors (Lipinski definition) is 2. The summed E-state index contributed by atoms with van der Waals surface area (Å²) in [6.07, 6.45) is 1.10. The Balaban J connectivity index is 0. The lowest BCUT2D eigenvalue weighted by Gasteiger charge is -2.01. The van der Waals surface area contributed by atoms with Gasteiger partial charge in [-0.1, -0.05) is 30.3 Å². The second-order valence-corrected chi connectivity index (χ2v) is 3.56. The molecule has 0 spiro atoms. The summed E-state index contributed by atoms with van der Waals surface area (Å²) >= 11 is 0. The average Bonchev–Trinajstić information content (AvgIpc) is 2.03. The van der Waals surface area contributed by atoms with Gasteiger partial charge in [-0.3, -0.25) is 4.57 Å². The Morgan fingerprint density at radius 3 is 2.00 bits per heavy atom. The number of phosphoric acid groups is 1. The van der Waals surface area contributed by atoms with E-state index >= 15 is 0 Å². The highest BCUT2D eigenvalue weighted by Crippen LogP contribution is 2.18. The SMILES string of the molecule is O.O=P([O-])(O)O.[NH3+]CCc1ccccc1. The summed E-state index contributed by atoms with van der Waals surface area (Å²) in [6.45, 7) is 0.990. The monoisotopic (exact) mass is 237 g/mol. The molecule has 0 aromatic heterocycles. The van der Waals surface area contributed by atoms with Crippen LogP contribution in [-0.2, 0) is 11.0 Å². The Hall–Kier alpha value is -0.750. The van der Waals surface area contributed by atoms with E-state index in [1.165, 1.54) is 5.56 Å². The van der Waals surface area contributed by atoms with Crippen molar-refractivity contribution in [2.75, 3.05) is 6.54 Å². The summed E-state index contributed by atoms with van der Waals surface area (Å²) in [5.74, 6) is 0. The van der Waals surface area contributed by atoms with Crippen LogP contribution in [-0.4, -0.2) is 21.8 Å². The van der Waals surface area contributed by atoms with E-state index in [1.807, 2.05) is 6.07 Å². The molecule has 0 aliphatic rings. The summed E-state index contributed by atoms with van der Waals surface area (Å²) in [5, 5.41) is 0. The van der Waals surface area contributed by atoms with Crippen molar-refractivity contribution in [3.8, 4) is 0 Å². The van der Waals surface area contributed by atoms with E-state index in [-0.39, 0.29) is 5.48 Å². The Morgan fingerprint density at radius 1 is 1.27 bits per heavy atom. The third kappa shape index (κ3) is 16.0. The molecule has 7 heteroatoms. The van der Waals surface area contributed by atoms with Crippen LogP contribution < -0.4 is 10.6 Å². The van der Waals surface area contributed by atoms with E-state index in [0.29, 0.717) is 0 Å². The molecule has 0 heterocycles. The lowest BCUT2D eigenvalue weighted by Crippen LogP contribution is -2.51. The highest BCUT2D eigenvalue weighted by molar-refractivity contribution is 7.43. The van der Waals surface area contributed by atoms with Crippen molar-refractivity contribution in [1.82, 2.24) is 0 Å². The number of quaternary nitrogens is 1. The lowest BCUT2D eigenvalue weighted by molar-refractivity contribution is -0.366. The molecule has 0 aliphatic heterocycles. The van der Waals surface area contributed by atoms with Crippen molar-refractivity contribution in [3.05, 3.63) is 35.9 Å². The topological polar surface area (TPSA) is 140 Å². The average molecular weight is 237 g/mol. The van der Waals surface area contributed by atoms with E-state index in [4.69, 9.17) is 19.2 Å². The normalized spacial score (nSPS) is 9.60. The van der Waals surface area contributed by atoms with Gasteiger partial charge in [0.1, 0.15) is 0 Å². The van der Waals surface area contributed by atoms with Gasteiger partial charge in [0.2, 0.25) is 0 Å². The summed E-state index contributed by atoms with van der Waals surface area (Å²) in [5.41, 5.74) is 5.16. The standard InChI is InChI=1S/C8H11N.H3O4P.H2O/c9-7-6-8-4-2-1-3-5-8;1-5(2,3)4;/h1-5H,6-7,9H2;(H3,1,2,3,4);1H2. The van der Waals surface area contributed by atoms with Gasteiger partial charge < -0.3 is 25.9 Å². The summed E-state index contributed by atoms with van der Waals surface area (Å²) in [6, 6.07) is 10.4. The predicted octanol–water partition coefficient (Wildman–Crippen LogP) is -1.91. The minimum absolute atomic E-state index is 0. The van der Waals surface area contributed by atoms with Crippen molar-refractivity contribution in [3.63, 3.8) is 0 Å². The highest BCUT2D eigenvalue weighted by Gasteiger charge is 1.86. The van der Waals surface area contributed by atoms with Crippen LogP contribution in [0.5, 0.6) is 0 Å². The van der Waals surface area contributed by atoms with Crippen molar-refractivity contribution < 1.29 is 30.5 Å². The van der Waals surface area contributed by atoms with E-state index < -0.39 is 7.82 Å². The lowest BCUT2D eigenvalue weighted by atomic mass is 10.2. The van der Waals surface area contributed by atoms with Crippen molar-refractivity contribution in [2.45, 2.75) is 6.42 Å². The molecule has 0 atom stereocenters. The third-order valence-corrected chi connectivity index (χ3v) is 1.31. The van der Waals surface area contributed by atoms with Gasteiger partial charge in [0, 0.05) is 6.42 Å². The van der Waals surface area contributed by atoms with E-state index in [0.717, 1.165) is 13.0 Å². The minimum atomic E-state index is -4.89. The highest BCUT2D eigenvalue weighted by atomic mass is 31.2. The largest absolute Gasteiger partial charge is 0.756 e. The van der Waals surface area contributed by atoms with E-state index in [9.17, 15) is 0 Å². The molecule has 6 nitrogen and oxygen atoms in total. The molecular weight excluding hydrogens is 221 g/mol.